The van der Waals surface area contributed by atoms with E-state index in [1.807, 2.05) is 0 Å². The number of hydrogen-bond acceptors (Lipinski definition) is 4. The highest BCUT2D eigenvalue weighted by Gasteiger charge is 2.34. The van der Waals surface area contributed by atoms with E-state index in [0.29, 0.717) is 18.0 Å². The number of alkyl halides is 3. The number of halogens is 3. The molecule has 0 radical (unpaired) electrons. The minimum atomic E-state index is -4.45. The zero-order valence-corrected chi connectivity index (χ0v) is 15.7. The summed E-state index contributed by atoms with van der Waals surface area (Å²) < 4.78 is 39.5. The molecule has 1 aromatic carbocycles. The third kappa shape index (κ3) is 4.73. The van der Waals surface area contributed by atoms with Crippen LogP contribution in [0.2, 0.25) is 0 Å². The number of nitrogens with zero attached hydrogens (tertiary/aromatic N) is 1. The second-order valence-electron chi connectivity index (χ2n) is 7.69. The normalized spacial score (nSPS) is 23.7. The van der Waals surface area contributed by atoms with Crippen molar-refractivity contribution in [1.29, 1.82) is 0 Å². The largest absolute Gasteiger partial charge is 0.416 e. The van der Waals surface area contributed by atoms with Crippen molar-refractivity contribution in [3.63, 3.8) is 0 Å². The Labute approximate surface area is 157 Å². The first-order valence-electron chi connectivity index (χ1n) is 9.54. The second kappa shape index (κ2) is 8.06. The summed E-state index contributed by atoms with van der Waals surface area (Å²) in [6, 6.07) is 3.29. The van der Waals surface area contributed by atoms with Crippen molar-refractivity contribution in [1.82, 2.24) is 10.9 Å². The van der Waals surface area contributed by atoms with Gasteiger partial charge in [-0.2, -0.15) is 13.2 Å². The molecule has 0 spiro atoms. The van der Waals surface area contributed by atoms with Gasteiger partial charge in [-0.05, 0) is 49.8 Å². The number of nitrogens with one attached hydrogen (secondary N) is 3. The van der Waals surface area contributed by atoms with Crippen molar-refractivity contribution in [2.45, 2.75) is 57.8 Å². The maximum absolute atomic E-state index is 13.2. The van der Waals surface area contributed by atoms with Crippen molar-refractivity contribution < 1.29 is 18.0 Å². The Kier molecular flexibility index (Phi) is 5.95. The van der Waals surface area contributed by atoms with Gasteiger partial charge in [0.1, 0.15) is 6.04 Å². The molecular weight excluding hydrogens is 357 g/mol. The number of carbonyl (C=O) groups is 1. The fraction of sp³-hybridized carbons (Fsp3) is 0.632. The standard InChI is InChI=1S/C19H27F3N4O/c1-12(2)14-11-16(25-24-14)18(27)23-15-10-13(19(20,21)22)6-7-17(15)26-8-4-3-5-9-26/h6-7,10,12,14,16,24-25H,3-5,8-9,11H2,1-2H3,(H,23,27). The number of hydrogen-bond donors (Lipinski definition) is 3. The van der Waals surface area contributed by atoms with E-state index in [1.54, 1.807) is 0 Å². The predicted octanol–water partition coefficient (Wildman–Crippen LogP) is 3.53. The lowest BCUT2D eigenvalue weighted by molar-refractivity contribution is -0.137. The number of carbonyl (C=O) groups excluding carboxylic acids is 1. The van der Waals surface area contributed by atoms with Crippen LogP contribution in [0.5, 0.6) is 0 Å². The van der Waals surface area contributed by atoms with E-state index in [0.717, 1.165) is 44.5 Å². The highest BCUT2D eigenvalue weighted by Crippen LogP contribution is 2.36. The van der Waals surface area contributed by atoms with Crippen molar-refractivity contribution in [3.8, 4) is 0 Å². The predicted molar refractivity (Wildman–Crippen MR) is 99.4 cm³/mol. The molecule has 2 saturated heterocycles. The lowest BCUT2D eigenvalue weighted by Crippen LogP contribution is -2.41. The Balaban J connectivity index is 1.81. The van der Waals surface area contributed by atoms with Gasteiger partial charge in [-0.25, -0.2) is 5.43 Å². The van der Waals surface area contributed by atoms with Crippen LogP contribution in [-0.4, -0.2) is 31.1 Å². The molecule has 2 aliphatic heterocycles. The van der Waals surface area contributed by atoms with Gasteiger partial charge in [0.15, 0.2) is 0 Å². The molecule has 1 amide bonds. The highest BCUT2D eigenvalue weighted by atomic mass is 19.4. The lowest BCUT2D eigenvalue weighted by Gasteiger charge is -2.31. The minimum Gasteiger partial charge on any atom is -0.370 e. The van der Waals surface area contributed by atoms with E-state index in [9.17, 15) is 18.0 Å². The Hall–Kier alpha value is -1.80. The zero-order chi connectivity index (χ0) is 19.6. The highest BCUT2D eigenvalue weighted by molar-refractivity contribution is 5.98. The van der Waals surface area contributed by atoms with Crippen LogP contribution in [0.1, 0.15) is 45.1 Å². The Bertz CT molecular complexity index is 671. The van der Waals surface area contributed by atoms with Gasteiger partial charge < -0.3 is 10.2 Å². The molecule has 3 N–H and O–H groups in total. The number of hydrazine groups is 1. The summed E-state index contributed by atoms with van der Waals surface area (Å²) in [7, 11) is 0. The van der Waals surface area contributed by atoms with Crippen LogP contribution in [0.3, 0.4) is 0 Å². The molecule has 2 heterocycles. The van der Waals surface area contributed by atoms with Gasteiger partial charge >= 0.3 is 6.18 Å². The number of piperidine rings is 1. The molecule has 2 aliphatic rings. The Morgan fingerprint density at radius 1 is 1.19 bits per heavy atom. The smallest absolute Gasteiger partial charge is 0.370 e. The van der Waals surface area contributed by atoms with E-state index in [4.69, 9.17) is 0 Å². The average molecular weight is 384 g/mol. The minimum absolute atomic E-state index is 0.156. The fourth-order valence-corrected chi connectivity index (χ4v) is 3.63. The number of rotatable bonds is 4. The molecule has 0 aromatic heterocycles. The van der Waals surface area contributed by atoms with Crippen LogP contribution in [0, 0.1) is 5.92 Å². The summed E-state index contributed by atoms with van der Waals surface area (Å²) in [4.78, 5) is 14.7. The quantitative estimate of drug-likeness (QED) is 0.744. The Morgan fingerprint density at radius 3 is 2.48 bits per heavy atom. The molecule has 150 valence electrons. The van der Waals surface area contributed by atoms with Gasteiger partial charge in [-0.3, -0.25) is 10.2 Å². The third-order valence-electron chi connectivity index (χ3n) is 5.33. The zero-order valence-electron chi connectivity index (χ0n) is 15.7. The van der Waals surface area contributed by atoms with E-state index in [2.05, 4.69) is 34.9 Å². The topological polar surface area (TPSA) is 56.4 Å². The van der Waals surface area contributed by atoms with Gasteiger partial charge in [0, 0.05) is 19.1 Å². The van der Waals surface area contributed by atoms with Crippen LogP contribution in [-0.2, 0) is 11.0 Å². The fourth-order valence-electron chi connectivity index (χ4n) is 3.63. The summed E-state index contributed by atoms with van der Waals surface area (Å²) in [6.07, 6.45) is -0.735. The first-order valence-corrected chi connectivity index (χ1v) is 9.54. The van der Waals surface area contributed by atoms with Gasteiger partial charge in [-0.1, -0.05) is 13.8 Å². The van der Waals surface area contributed by atoms with Crippen LogP contribution in [0.15, 0.2) is 18.2 Å². The first kappa shape index (κ1) is 19.9. The van der Waals surface area contributed by atoms with Crippen molar-refractivity contribution in [2.75, 3.05) is 23.3 Å². The van der Waals surface area contributed by atoms with Crippen LogP contribution in [0.4, 0.5) is 24.5 Å². The van der Waals surface area contributed by atoms with Crippen molar-refractivity contribution in [2.24, 2.45) is 5.92 Å². The maximum atomic E-state index is 13.2. The molecule has 3 rings (SSSR count). The van der Waals surface area contributed by atoms with Crippen molar-refractivity contribution in [3.05, 3.63) is 23.8 Å². The van der Waals surface area contributed by atoms with Crippen LogP contribution in [0.25, 0.3) is 0 Å². The molecular formula is C19H27F3N4O. The van der Waals surface area contributed by atoms with Gasteiger partial charge in [0.25, 0.3) is 0 Å². The van der Waals surface area contributed by atoms with E-state index in [-0.39, 0.29) is 17.6 Å². The van der Waals surface area contributed by atoms with Crippen LogP contribution >= 0.6 is 0 Å². The van der Waals surface area contributed by atoms with Crippen molar-refractivity contribution >= 4 is 17.3 Å². The summed E-state index contributed by atoms with van der Waals surface area (Å²) in [6.45, 7) is 5.68. The van der Waals surface area contributed by atoms with Gasteiger partial charge in [-0.15, -0.1) is 0 Å². The molecule has 1 aromatic rings. The van der Waals surface area contributed by atoms with E-state index >= 15 is 0 Å². The monoisotopic (exact) mass is 384 g/mol. The summed E-state index contributed by atoms with van der Waals surface area (Å²) in [5.74, 6) is 0.0380. The maximum Gasteiger partial charge on any atom is 0.416 e. The second-order valence-corrected chi connectivity index (χ2v) is 7.69. The molecule has 0 saturated carbocycles. The molecule has 27 heavy (non-hydrogen) atoms. The molecule has 2 unspecified atom stereocenters. The van der Waals surface area contributed by atoms with E-state index in [1.165, 1.54) is 6.07 Å². The van der Waals surface area contributed by atoms with Gasteiger partial charge in [0.05, 0.1) is 16.9 Å². The average Bonchev–Trinajstić information content (AvgIpc) is 3.12. The summed E-state index contributed by atoms with van der Waals surface area (Å²) >= 11 is 0. The molecule has 5 nitrogen and oxygen atoms in total. The molecule has 2 atom stereocenters. The summed E-state index contributed by atoms with van der Waals surface area (Å²) in [5, 5.41) is 2.74. The number of benzene rings is 1. The third-order valence-corrected chi connectivity index (χ3v) is 5.33. The van der Waals surface area contributed by atoms with Crippen LogP contribution < -0.4 is 21.1 Å². The lowest BCUT2D eigenvalue weighted by atomic mass is 9.99. The molecule has 0 bridgehead atoms. The number of amides is 1. The molecule has 2 fully saturated rings. The first-order chi connectivity index (χ1) is 12.8. The Morgan fingerprint density at radius 2 is 1.89 bits per heavy atom. The van der Waals surface area contributed by atoms with E-state index < -0.39 is 17.8 Å². The van der Waals surface area contributed by atoms with Gasteiger partial charge in [0.2, 0.25) is 5.91 Å². The number of anilines is 2. The summed E-state index contributed by atoms with van der Waals surface area (Å²) in [5.41, 5.74) is 6.17. The molecule has 0 aliphatic carbocycles. The SMILES string of the molecule is CC(C)C1CC(C(=O)Nc2cc(C(F)(F)F)ccc2N2CCCCC2)NN1. The molecule has 8 heteroatoms.